The third kappa shape index (κ3) is 3.06. The third-order valence-electron chi connectivity index (χ3n) is 2.92. The van der Waals surface area contributed by atoms with Gasteiger partial charge in [-0.15, -0.1) is 0 Å². The van der Waals surface area contributed by atoms with Gasteiger partial charge >= 0.3 is 0 Å². The highest BCUT2D eigenvalue weighted by atomic mass is 79.9. The molecule has 0 saturated carbocycles. The van der Waals surface area contributed by atoms with Crippen molar-refractivity contribution in [2.45, 2.75) is 32.0 Å². The van der Waals surface area contributed by atoms with Crippen LogP contribution in [-0.4, -0.2) is 18.8 Å². The van der Waals surface area contributed by atoms with Crippen LogP contribution >= 0.6 is 15.9 Å². The Balaban J connectivity index is 1.82. The number of ether oxygens (including phenoxy) is 2. The largest absolute Gasteiger partial charge is 0.374 e. The van der Waals surface area contributed by atoms with Crippen molar-refractivity contribution in [1.82, 2.24) is 0 Å². The van der Waals surface area contributed by atoms with Crippen LogP contribution in [0.4, 0.5) is 0 Å². The Kier molecular flexibility index (Phi) is 4.00. The van der Waals surface area contributed by atoms with Crippen LogP contribution in [0.3, 0.4) is 0 Å². The molecule has 1 atom stereocenters. The maximum Gasteiger partial charge on any atom is 0.0887 e. The molecule has 2 nitrogen and oxygen atoms in total. The molecule has 1 aromatic carbocycles. The molecule has 1 aliphatic rings. The summed E-state index contributed by atoms with van der Waals surface area (Å²) in [6.45, 7) is 4.31. The Morgan fingerprint density at radius 2 is 2.25 bits per heavy atom. The molecule has 1 saturated heterocycles. The second-order valence-corrected chi connectivity index (χ2v) is 5.34. The summed E-state index contributed by atoms with van der Waals surface area (Å²) in [6, 6.07) is 8.14. The first-order valence-electron chi connectivity index (χ1n) is 5.65. The monoisotopic (exact) mass is 284 g/mol. The molecule has 88 valence electrons. The molecule has 0 aliphatic carbocycles. The van der Waals surface area contributed by atoms with Gasteiger partial charge in [0, 0.05) is 11.1 Å². The second kappa shape index (κ2) is 5.30. The molecule has 0 spiro atoms. The lowest BCUT2D eigenvalue weighted by Gasteiger charge is -2.22. The fraction of sp³-hybridized carbons (Fsp3) is 0.538. The van der Waals surface area contributed by atoms with Crippen molar-refractivity contribution in [1.29, 1.82) is 0 Å². The quantitative estimate of drug-likeness (QED) is 0.842. The first-order chi connectivity index (χ1) is 7.70. The van der Waals surface area contributed by atoms with E-state index >= 15 is 0 Å². The molecule has 3 heteroatoms. The molecule has 1 aromatic rings. The third-order valence-corrected chi connectivity index (χ3v) is 3.70. The smallest absolute Gasteiger partial charge is 0.0887 e. The van der Waals surface area contributed by atoms with Gasteiger partial charge in [-0.25, -0.2) is 0 Å². The topological polar surface area (TPSA) is 18.5 Å². The molecule has 1 aliphatic heterocycles. The molecule has 1 fully saturated rings. The van der Waals surface area contributed by atoms with E-state index in [1.165, 1.54) is 5.56 Å². The summed E-state index contributed by atoms with van der Waals surface area (Å²) >= 11 is 3.51. The van der Waals surface area contributed by atoms with Gasteiger partial charge in [0.05, 0.1) is 18.8 Å². The predicted molar refractivity (Wildman–Crippen MR) is 67.4 cm³/mol. The van der Waals surface area contributed by atoms with Gasteiger partial charge in [0.15, 0.2) is 0 Å². The molecular weight excluding hydrogens is 268 g/mol. The molecule has 0 N–H and O–H groups in total. The molecule has 16 heavy (non-hydrogen) atoms. The van der Waals surface area contributed by atoms with E-state index in [1.807, 2.05) is 18.2 Å². The van der Waals surface area contributed by atoms with Crippen LogP contribution in [0.5, 0.6) is 0 Å². The molecular formula is C13H17BrO2. The Morgan fingerprint density at radius 1 is 1.44 bits per heavy atom. The van der Waals surface area contributed by atoms with Gasteiger partial charge in [0.2, 0.25) is 0 Å². The lowest BCUT2D eigenvalue weighted by atomic mass is 10.0. The number of hydrogen-bond donors (Lipinski definition) is 0. The minimum absolute atomic E-state index is 0.0682. The Hall–Kier alpha value is -0.380. The first kappa shape index (κ1) is 12.1. The Labute approximate surface area is 105 Å². The van der Waals surface area contributed by atoms with Gasteiger partial charge in [0.1, 0.15) is 0 Å². The second-order valence-electron chi connectivity index (χ2n) is 4.49. The molecule has 0 aromatic heterocycles. The highest BCUT2D eigenvalue weighted by Crippen LogP contribution is 2.26. The summed E-state index contributed by atoms with van der Waals surface area (Å²) in [6.07, 6.45) is 2.25. The van der Waals surface area contributed by atoms with E-state index in [0.29, 0.717) is 13.2 Å². The van der Waals surface area contributed by atoms with Crippen LogP contribution in [0.25, 0.3) is 0 Å². The summed E-state index contributed by atoms with van der Waals surface area (Å²) in [7, 11) is 0. The van der Waals surface area contributed by atoms with Crippen molar-refractivity contribution in [3.8, 4) is 0 Å². The fourth-order valence-corrected chi connectivity index (χ4v) is 2.34. The SMILES string of the molecule is CC1(COCc2ccccc2Br)CCCO1. The zero-order valence-electron chi connectivity index (χ0n) is 9.54. The van der Waals surface area contributed by atoms with Crippen LogP contribution in [0, 0.1) is 0 Å². The highest BCUT2D eigenvalue weighted by Gasteiger charge is 2.29. The van der Waals surface area contributed by atoms with Gasteiger partial charge < -0.3 is 9.47 Å². The lowest BCUT2D eigenvalue weighted by Crippen LogP contribution is -2.29. The van der Waals surface area contributed by atoms with Gasteiger partial charge in [-0.1, -0.05) is 34.1 Å². The van der Waals surface area contributed by atoms with Crippen molar-refractivity contribution in [3.63, 3.8) is 0 Å². The van der Waals surface area contributed by atoms with E-state index in [9.17, 15) is 0 Å². The normalized spacial score (nSPS) is 24.9. The summed E-state index contributed by atoms with van der Waals surface area (Å²) in [5, 5.41) is 0. The molecule has 1 unspecified atom stereocenters. The molecule has 2 rings (SSSR count). The summed E-state index contributed by atoms with van der Waals surface area (Å²) in [4.78, 5) is 0. The van der Waals surface area contributed by atoms with Gasteiger partial charge in [-0.2, -0.15) is 0 Å². The minimum atomic E-state index is -0.0682. The van der Waals surface area contributed by atoms with Gasteiger partial charge in [-0.05, 0) is 31.4 Å². The standard InChI is InChI=1S/C13H17BrO2/c1-13(7-4-8-16-13)10-15-9-11-5-2-3-6-12(11)14/h2-3,5-6H,4,7-10H2,1H3. The maximum atomic E-state index is 5.73. The van der Waals surface area contributed by atoms with Crippen molar-refractivity contribution >= 4 is 15.9 Å². The Bertz CT molecular complexity index is 346. The van der Waals surface area contributed by atoms with Crippen LogP contribution in [0.15, 0.2) is 28.7 Å². The zero-order valence-corrected chi connectivity index (χ0v) is 11.1. The van der Waals surface area contributed by atoms with Crippen LogP contribution < -0.4 is 0 Å². The summed E-state index contributed by atoms with van der Waals surface area (Å²) in [5.41, 5.74) is 1.12. The van der Waals surface area contributed by atoms with Crippen LogP contribution in [0.2, 0.25) is 0 Å². The van der Waals surface area contributed by atoms with Crippen molar-refractivity contribution in [2.24, 2.45) is 0 Å². The van der Waals surface area contributed by atoms with Crippen molar-refractivity contribution in [3.05, 3.63) is 34.3 Å². The van der Waals surface area contributed by atoms with E-state index in [2.05, 4.69) is 28.9 Å². The molecule has 0 amide bonds. The molecule has 0 bridgehead atoms. The number of halogens is 1. The molecule has 1 heterocycles. The van der Waals surface area contributed by atoms with E-state index in [4.69, 9.17) is 9.47 Å². The average molecular weight is 285 g/mol. The van der Waals surface area contributed by atoms with E-state index < -0.39 is 0 Å². The van der Waals surface area contributed by atoms with E-state index in [0.717, 1.165) is 23.9 Å². The fourth-order valence-electron chi connectivity index (χ4n) is 1.94. The van der Waals surface area contributed by atoms with Crippen molar-refractivity contribution in [2.75, 3.05) is 13.2 Å². The molecule has 0 radical (unpaired) electrons. The van der Waals surface area contributed by atoms with Crippen LogP contribution in [-0.2, 0) is 16.1 Å². The minimum Gasteiger partial charge on any atom is -0.374 e. The number of benzene rings is 1. The number of hydrogen-bond acceptors (Lipinski definition) is 2. The maximum absolute atomic E-state index is 5.73. The van der Waals surface area contributed by atoms with Crippen molar-refractivity contribution < 1.29 is 9.47 Å². The first-order valence-corrected chi connectivity index (χ1v) is 6.44. The van der Waals surface area contributed by atoms with Gasteiger partial charge in [0.25, 0.3) is 0 Å². The van der Waals surface area contributed by atoms with E-state index in [-0.39, 0.29) is 5.60 Å². The highest BCUT2D eigenvalue weighted by molar-refractivity contribution is 9.10. The lowest BCUT2D eigenvalue weighted by molar-refractivity contribution is -0.0560. The van der Waals surface area contributed by atoms with Crippen LogP contribution in [0.1, 0.15) is 25.3 Å². The summed E-state index contributed by atoms with van der Waals surface area (Å²) in [5.74, 6) is 0. The van der Waals surface area contributed by atoms with Gasteiger partial charge in [-0.3, -0.25) is 0 Å². The average Bonchev–Trinajstić information content (AvgIpc) is 2.68. The zero-order chi connectivity index (χ0) is 11.4. The Morgan fingerprint density at radius 3 is 2.94 bits per heavy atom. The number of rotatable bonds is 4. The van der Waals surface area contributed by atoms with E-state index in [1.54, 1.807) is 0 Å². The summed E-state index contributed by atoms with van der Waals surface area (Å²) < 4.78 is 12.5. The predicted octanol–water partition coefficient (Wildman–Crippen LogP) is 3.53.